The molecule has 0 aliphatic heterocycles. The van der Waals surface area contributed by atoms with Crippen LogP contribution in [0.1, 0.15) is 78.1 Å². The van der Waals surface area contributed by atoms with Gasteiger partial charge >= 0.3 is 29.6 Å². The first kappa shape index (κ1) is 31.1. The summed E-state index contributed by atoms with van der Waals surface area (Å²) in [5.41, 5.74) is 0. The van der Waals surface area contributed by atoms with Crippen molar-refractivity contribution in [2.75, 3.05) is 13.7 Å². The number of hydrogen-bond acceptors (Lipinski definition) is 6. The summed E-state index contributed by atoms with van der Waals surface area (Å²) in [4.78, 5) is 0. The first-order chi connectivity index (χ1) is 10.5. The van der Waals surface area contributed by atoms with E-state index in [-0.39, 0.29) is 36.2 Å². The first-order valence-corrected chi connectivity index (χ1v) is 9.17. The largest absolute Gasteiger partial charge is 1.00 e. The normalized spacial score (nSPS) is 9.39. The van der Waals surface area contributed by atoms with Crippen LogP contribution in [0.5, 0.6) is 0 Å². The summed E-state index contributed by atoms with van der Waals surface area (Å²) in [6.45, 7) is 3.67. The third-order valence-corrected chi connectivity index (χ3v) is 3.18. The van der Waals surface area contributed by atoms with Crippen LogP contribution in [-0.4, -0.2) is 31.8 Å². The summed E-state index contributed by atoms with van der Waals surface area (Å²) in [5, 5.41) is 14.3. The van der Waals surface area contributed by atoms with E-state index in [0.29, 0.717) is 6.42 Å². The molecule has 0 unspecified atom stereocenters. The maximum absolute atomic E-state index is 10.1. The Kier molecular flexibility index (Phi) is 36.8. The van der Waals surface area contributed by atoms with Gasteiger partial charge in [0.05, 0.1) is 12.7 Å². The summed E-state index contributed by atoms with van der Waals surface area (Å²) < 4.78 is 34.5. The monoisotopic (exact) mass is 361 g/mol. The minimum Gasteiger partial charge on any atom is -0.726 e. The van der Waals surface area contributed by atoms with Gasteiger partial charge < -0.3 is 9.66 Å². The van der Waals surface area contributed by atoms with Crippen molar-refractivity contribution >= 4 is 10.4 Å². The molecule has 6 nitrogen and oxygen atoms in total. The van der Waals surface area contributed by atoms with E-state index >= 15 is 0 Å². The van der Waals surface area contributed by atoms with Crippen molar-refractivity contribution in [2.24, 2.45) is 0 Å². The van der Waals surface area contributed by atoms with E-state index in [1.165, 1.54) is 51.9 Å². The van der Waals surface area contributed by atoms with Gasteiger partial charge in [0.1, 0.15) is 0 Å². The average Bonchev–Trinajstić information content (AvgIpc) is 2.46. The van der Waals surface area contributed by atoms with Crippen LogP contribution in [-0.2, 0) is 14.6 Å². The summed E-state index contributed by atoms with van der Waals surface area (Å²) in [5.74, 6) is 0. The Labute approximate surface area is 164 Å². The molecule has 0 rings (SSSR count). The molecule has 8 heteroatoms. The third-order valence-electron chi connectivity index (χ3n) is 2.73. The number of unbranched alkanes of at least 4 members (excludes halogenated alkanes) is 9. The van der Waals surface area contributed by atoms with Gasteiger partial charge in [-0.25, -0.2) is 8.42 Å². The Hall–Kier alpha value is 0.320. The van der Waals surface area contributed by atoms with Crippen molar-refractivity contribution in [3.63, 3.8) is 0 Å². The van der Waals surface area contributed by atoms with Crippen molar-refractivity contribution in [1.29, 1.82) is 5.26 Å². The molecule has 0 amide bonds. The molecule has 0 spiro atoms. The van der Waals surface area contributed by atoms with Crippen LogP contribution in [0.15, 0.2) is 0 Å². The number of hydrogen-bond donors (Lipinski definition) is 1. The van der Waals surface area contributed by atoms with E-state index < -0.39 is 10.4 Å². The Morgan fingerprint density at radius 1 is 0.957 bits per heavy atom. The van der Waals surface area contributed by atoms with E-state index in [1.54, 1.807) is 6.07 Å². The fourth-order valence-corrected chi connectivity index (χ4v) is 2.07. The summed E-state index contributed by atoms with van der Waals surface area (Å²) in [6.07, 6.45) is 11.7. The minimum absolute atomic E-state index is 0. The van der Waals surface area contributed by atoms with Gasteiger partial charge in [0.2, 0.25) is 10.4 Å². The van der Waals surface area contributed by atoms with Crippen molar-refractivity contribution in [3.05, 3.63) is 0 Å². The van der Waals surface area contributed by atoms with Crippen LogP contribution in [0.2, 0.25) is 0 Å². The molecule has 0 aromatic heterocycles. The number of nitrogens with zero attached hydrogens (tertiary/aromatic N) is 1. The molecule has 0 heterocycles. The predicted octanol–water partition coefficient (Wildman–Crippen LogP) is 0.526. The number of aliphatic hydroxyl groups excluding tert-OH is 1. The second-order valence-corrected chi connectivity index (χ2v) is 5.69. The molecule has 0 aromatic carbocycles. The molecule has 0 saturated carbocycles. The molecule has 23 heavy (non-hydrogen) atoms. The summed E-state index contributed by atoms with van der Waals surface area (Å²) in [7, 11) is -3.48. The van der Waals surface area contributed by atoms with Gasteiger partial charge in [-0.2, -0.15) is 5.26 Å². The Morgan fingerprint density at radius 3 is 1.57 bits per heavy atom. The Balaban J connectivity index is -0.000000267. The number of aliphatic hydroxyl groups is 1. The third kappa shape index (κ3) is 44.9. The van der Waals surface area contributed by atoms with Crippen LogP contribution in [0.4, 0.5) is 0 Å². The number of rotatable bonds is 12. The van der Waals surface area contributed by atoms with Gasteiger partial charge in [-0.1, -0.05) is 64.7 Å². The van der Waals surface area contributed by atoms with Crippen LogP contribution < -0.4 is 29.6 Å². The van der Waals surface area contributed by atoms with Crippen LogP contribution >= 0.6 is 0 Å². The maximum atomic E-state index is 10.1. The smallest absolute Gasteiger partial charge is 0.726 e. The SMILES string of the molecule is CC#N.CCCCCCCCCCCCOS(=O)(=O)[O-].CO.[Na+]. The molecule has 0 aliphatic carbocycles. The minimum atomic E-state index is -4.48. The van der Waals surface area contributed by atoms with Crippen LogP contribution in [0.3, 0.4) is 0 Å². The van der Waals surface area contributed by atoms with Crippen molar-refractivity contribution < 1.29 is 51.8 Å². The fourth-order valence-electron chi connectivity index (χ4n) is 1.75. The fraction of sp³-hybridized carbons (Fsp3) is 0.933. The zero-order valence-corrected chi connectivity index (χ0v) is 18.0. The molecule has 0 aromatic rings. The average molecular weight is 361 g/mol. The molecule has 1 N–H and O–H groups in total. The molecule has 0 radical (unpaired) electrons. The Bertz CT molecular complexity index is 331. The van der Waals surface area contributed by atoms with Crippen molar-refractivity contribution in [2.45, 2.75) is 78.1 Å². The molecular formula is C15H32NNaO5S. The van der Waals surface area contributed by atoms with Crippen molar-refractivity contribution in [3.8, 4) is 6.07 Å². The van der Waals surface area contributed by atoms with Gasteiger partial charge in [0.15, 0.2) is 0 Å². The number of nitriles is 1. The van der Waals surface area contributed by atoms with E-state index in [9.17, 15) is 13.0 Å². The summed E-state index contributed by atoms with van der Waals surface area (Å²) >= 11 is 0. The standard InChI is InChI=1S/C12H26O4S.C2H3N.CH4O.Na/c1-2-3-4-5-6-7-8-9-10-11-12-16-17(13,14)15;1-2-3;1-2;/h2-12H2,1H3,(H,13,14,15);1H3;2H,1H3;/q;;;+1/p-1. The second kappa shape index (κ2) is 27.2. The van der Waals surface area contributed by atoms with E-state index in [4.69, 9.17) is 10.4 Å². The zero-order valence-electron chi connectivity index (χ0n) is 15.2. The molecule has 0 bridgehead atoms. The molecule has 0 aliphatic rings. The predicted molar refractivity (Wildman–Crippen MR) is 86.9 cm³/mol. The van der Waals surface area contributed by atoms with Gasteiger partial charge in [-0.05, 0) is 6.42 Å². The zero-order chi connectivity index (χ0) is 17.7. The molecule has 0 atom stereocenters. The molecular weight excluding hydrogens is 329 g/mol. The second-order valence-electron chi connectivity index (χ2n) is 4.64. The van der Waals surface area contributed by atoms with E-state index in [1.807, 2.05) is 0 Å². The Morgan fingerprint density at radius 2 is 1.26 bits per heavy atom. The van der Waals surface area contributed by atoms with Crippen LogP contribution in [0.25, 0.3) is 0 Å². The molecule has 0 fully saturated rings. The molecule has 134 valence electrons. The molecule has 0 saturated heterocycles. The summed E-state index contributed by atoms with van der Waals surface area (Å²) in [6, 6.07) is 1.75. The van der Waals surface area contributed by atoms with Gasteiger partial charge in [-0.15, -0.1) is 0 Å². The first-order valence-electron chi connectivity index (χ1n) is 7.83. The van der Waals surface area contributed by atoms with Gasteiger partial charge in [-0.3, -0.25) is 4.18 Å². The quantitative estimate of drug-likeness (QED) is 0.235. The van der Waals surface area contributed by atoms with E-state index in [0.717, 1.165) is 20.0 Å². The van der Waals surface area contributed by atoms with E-state index in [2.05, 4.69) is 11.1 Å². The van der Waals surface area contributed by atoms with Gasteiger partial charge in [0.25, 0.3) is 0 Å². The topological polar surface area (TPSA) is 110 Å². The van der Waals surface area contributed by atoms with Crippen molar-refractivity contribution in [1.82, 2.24) is 0 Å². The van der Waals surface area contributed by atoms with Crippen LogP contribution in [0, 0.1) is 11.3 Å². The van der Waals surface area contributed by atoms with Gasteiger partial charge in [0, 0.05) is 14.0 Å². The maximum Gasteiger partial charge on any atom is 1.00 e.